The molecule has 1 unspecified atom stereocenters. The van der Waals surface area contributed by atoms with E-state index in [2.05, 4.69) is 15.6 Å². The summed E-state index contributed by atoms with van der Waals surface area (Å²) in [6.45, 7) is 5.35. The van der Waals surface area contributed by atoms with Crippen LogP contribution in [0.1, 0.15) is 26.7 Å². The molecule has 0 aliphatic heterocycles. The molecule has 26 heavy (non-hydrogen) atoms. The van der Waals surface area contributed by atoms with Crippen molar-refractivity contribution in [2.45, 2.75) is 37.6 Å². The van der Waals surface area contributed by atoms with Gasteiger partial charge in [0.25, 0.3) is 0 Å². The van der Waals surface area contributed by atoms with E-state index in [1.165, 1.54) is 18.4 Å². The lowest BCUT2D eigenvalue weighted by molar-refractivity contribution is 0.581. The molecule has 0 bridgehead atoms. The van der Waals surface area contributed by atoms with Crippen molar-refractivity contribution in [3.63, 3.8) is 0 Å². The first kappa shape index (κ1) is 25.4. The van der Waals surface area contributed by atoms with E-state index in [4.69, 9.17) is 0 Å². The molecule has 2 N–H and O–H groups in total. The predicted octanol–water partition coefficient (Wildman–Crippen LogP) is 3.30. The topological polar surface area (TPSA) is 70.6 Å². The minimum absolute atomic E-state index is 0. The maximum Gasteiger partial charge on any atom is 0.191 e. The summed E-state index contributed by atoms with van der Waals surface area (Å²) < 4.78 is 35.3. The minimum atomic E-state index is -2.95. The Kier molecular flexibility index (Phi) is 13.3. The van der Waals surface area contributed by atoms with E-state index in [-0.39, 0.29) is 41.6 Å². The first-order valence-electron chi connectivity index (χ1n) is 8.41. The maximum absolute atomic E-state index is 12.8. The number of benzene rings is 1. The highest BCUT2D eigenvalue weighted by atomic mass is 127. The van der Waals surface area contributed by atoms with Crippen LogP contribution in [0.3, 0.4) is 0 Å². The summed E-state index contributed by atoms with van der Waals surface area (Å²) in [7, 11) is -2.95. The van der Waals surface area contributed by atoms with Crippen LogP contribution in [0.5, 0.6) is 0 Å². The zero-order valence-electron chi connectivity index (χ0n) is 15.5. The fourth-order valence-electron chi connectivity index (χ4n) is 1.99. The number of thioether (sulfide) groups is 1. The molecular formula is C17H29FIN3O2S2. The van der Waals surface area contributed by atoms with Gasteiger partial charge in [0.1, 0.15) is 15.7 Å². The van der Waals surface area contributed by atoms with Crippen molar-refractivity contribution in [1.29, 1.82) is 0 Å². The summed E-state index contributed by atoms with van der Waals surface area (Å²) in [5, 5.41) is 6.40. The van der Waals surface area contributed by atoms with Gasteiger partial charge < -0.3 is 10.6 Å². The van der Waals surface area contributed by atoms with Crippen LogP contribution >= 0.6 is 35.7 Å². The van der Waals surface area contributed by atoms with E-state index in [0.717, 1.165) is 23.6 Å². The highest BCUT2D eigenvalue weighted by molar-refractivity contribution is 14.0. The number of hydrogen-bond acceptors (Lipinski definition) is 4. The monoisotopic (exact) mass is 517 g/mol. The van der Waals surface area contributed by atoms with Gasteiger partial charge in [-0.3, -0.25) is 4.99 Å². The molecule has 1 rings (SSSR count). The molecule has 0 aliphatic rings. The van der Waals surface area contributed by atoms with Gasteiger partial charge in [-0.25, -0.2) is 12.8 Å². The lowest BCUT2D eigenvalue weighted by Crippen LogP contribution is -2.42. The lowest BCUT2D eigenvalue weighted by Gasteiger charge is -2.17. The molecule has 150 valence electrons. The third-order valence-electron chi connectivity index (χ3n) is 3.30. The number of nitrogens with one attached hydrogen (secondary N) is 2. The van der Waals surface area contributed by atoms with Gasteiger partial charge in [0.15, 0.2) is 5.96 Å². The molecule has 1 atom stereocenters. The maximum atomic E-state index is 12.8. The summed E-state index contributed by atoms with van der Waals surface area (Å²) in [6.07, 6.45) is 2.69. The summed E-state index contributed by atoms with van der Waals surface area (Å²) in [5.41, 5.74) is 0. The van der Waals surface area contributed by atoms with Crippen molar-refractivity contribution in [2.75, 3.05) is 30.9 Å². The second-order valence-electron chi connectivity index (χ2n) is 5.88. The van der Waals surface area contributed by atoms with Gasteiger partial charge in [0.2, 0.25) is 0 Å². The largest absolute Gasteiger partial charge is 0.357 e. The third-order valence-corrected chi connectivity index (χ3v) is 5.38. The van der Waals surface area contributed by atoms with E-state index in [1.54, 1.807) is 23.9 Å². The minimum Gasteiger partial charge on any atom is -0.357 e. The van der Waals surface area contributed by atoms with E-state index >= 15 is 0 Å². The molecule has 0 aliphatic carbocycles. The Hall–Kier alpha value is -0.550. The van der Waals surface area contributed by atoms with Crippen molar-refractivity contribution >= 4 is 51.5 Å². The van der Waals surface area contributed by atoms with Crippen LogP contribution in [0, 0.1) is 5.82 Å². The van der Waals surface area contributed by atoms with Crippen LogP contribution < -0.4 is 10.6 Å². The number of hydrogen-bond donors (Lipinski definition) is 2. The normalized spacial score (nSPS) is 13.0. The van der Waals surface area contributed by atoms with Crippen LogP contribution in [0.4, 0.5) is 4.39 Å². The SMILES string of the molecule is CCNC(=NCCCSc1ccc(F)cc1)NC(C)CCS(C)(=O)=O.I. The first-order chi connectivity index (χ1) is 11.8. The molecule has 0 saturated carbocycles. The first-order valence-corrected chi connectivity index (χ1v) is 11.5. The van der Waals surface area contributed by atoms with Crippen molar-refractivity contribution in [2.24, 2.45) is 4.99 Å². The Morgan fingerprint density at radius 3 is 2.54 bits per heavy atom. The smallest absolute Gasteiger partial charge is 0.191 e. The molecule has 0 heterocycles. The van der Waals surface area contributed by atoms with Crippen LogP contribution in [-0.2, 0) is 9.84 Å². The molecule has 0 amide bonds. The standard InChI is InChI=1S/C17H28FN3O2S2.HI/c1-4-19-17(21-14(2)10-13-25(3,22)23)20-11-5-12-24-16-8-6-15(18)7-9-16;/h6-9,14H,4-5,10-13H2,1-3H3,(H2,19,20,21);1H. The van der Waals surface area contributed by atoms with Gasteiger partial charge in [-0.05, 0) is 56.7 Å². The van der Waals surface area contributed by atoms with Gasteiger partial charge in [-0.1, -0.05) is 0 Å². The zero-order chi connectivity index (χ0) is 18.7. The summed E-state index contributed by atoms with van der Waals surface area (Å²) in [6, 6.07) is 6.51. The average Bonchev–Trinajstić information content (AvgIpc) is 2.54. The zero-order valence-corrected chi connectivity index (χ0v) is 19.5. The Labute approximate surface area is 177 Å². The van der Waals surface area contributed by atoms with Crippen molar-refractivity contribution in [1.82, 2.24) is 10.6 Å². The Morgan fingerprint density at radius 1 is 1.31 bits per heavy atom. The molecule has 9 heteroatoms. The van der Waals surface area contributed by atoms with Crippen molar-refractivity contribution < 1.29 is 12.8 Å². The third kappa shape index (κ3) is 12.7. The number of aliphatic imine (C=N–C) groups is 1. The second-order valence-corrected chi connectivity index (χ2v) is 9.31. The highest BCUT2D eigenvalue weighted by Gasteiger charge is 2.09. The van der Waals surface area contributed by atoms with E-state index in [0.29, 0.717) is 18.9 Å². The Morgan fingerprint density at radius 2 is 1.96 bits per heavy atom. The van der Waals surface area contributed by atoms with E-state index in [9.17, 15) is 12.8 Å². The van der Waals surface area contributed by atoms with Crippen LogP contribution in [0.15, 0.2) is 34.2 Å². The quantitative estimate of drug-likeness (QED) is 0.164. The molecular weight excluding hydrogens is 488 g/mol. The van der Waals surface area contributed by atoms with Gasteiger partial charge in [-0.2, -0.15) is 0 Å². The van der Waals surface area contributed by atoms with Gasteiger partial charge >= 0.3 is 0 Å². The Balaban J connectivity index is 0.00000625. The number of guanidine groups is 1. The number of rotatable bonds is 10. The number of sulfone groups is 1. The van der Waals surface area contributed by atoms with Crippen molar-refractivity contribution in [3.8, 4) is 0 Å². The highest BCUT2D eigenvalue weighted by Crippen LogP contribution is 2.18. The van der Waals surface area contributed by atoms with E-state index in [1.807, 2.05) is 13.8 Å². The molecule has 0 spiro atoms. The average molecular weight is 517 g/mol. The summed E-state index contributed by atoms with van der Waals surface area (Å²) in [5.74, 6) is 1.54. The molecule has 1 aromatic carbocycles. The summed E-state index contributed by atoms with van der Waals surface area (Å²) in [4.78, 5) is 5.56. The van der Waals surface area contributed by atoms with Crippen molar-refractivity contribution in [3.05, 3.63) is 30.1 Å². The van der Waals surface area contributed by atoms with E-state index < -0.39 is 9.84 Å². The Bertz CT molecular complexity index is 640. The molecule has 0 radical (unpaired) electrons. The predicted molar refractivity (Wildman–Crippen MR) is 120 cm³/mol. The van der Waals surface area contributed by atoms with Gasteiger partial charge in [0.05, 0.1) is 5.75 Å². The van der Waals surface area contributed by atoms with Crippen LogP contribution in [0.2, 0.25) is 0 Å². The molecule has 0 saturated heterocycles. The molecule has 1 aromatic rings. The van der Waals surface area contributed by atoms with Gasteiger partial charge in [0, 0.05) is 30.3 Å². The fraction of sp³-hybridized carbons (Fsp3) is 0.588. The number of halogens is 2. The summed E-state index contributed by atoms with van der Waals surface area (Å²) >= 11 is 1.68. The second kappa shape index (κ2) is 13.6. The van der Waals surface area contributed by atoms with Gasteiger partial charge in [-0.15, -0.1) is 35.7 Å². The molecule has 0 aromatic heterocycles. The lowest BCUT2D eigenvalue weighted by atomic mass is 10.3. The number of nitrogens with zero attached hydrogens (tertiary/aromatic N) is 1. The molecule has 5 nitrogen and oxygen atoms in total. The molecule has 0 fully saturated rings. The van der Waals surface area contributed by atoms with Crippen LogP contribution in [-0.4, -0.2) is 51.3 Å². The van der Waals surface area contributed by atoms with Crippen LogP contribution in [0.25, 0.3) is 0 Å². The fourth-order valence-corrected chi connectivity index (χ4v) is 3.61.